The van der Waals surface area contributed by atoms with E-state index in [1.807, 2.05) is 30.3 Å². The van der Waals surface area contributed by atoms with Crippen LogP contribution in [0.2, 0.25) is 0 Å². The Morgan fingerprint density at radius 3 is 2.56 bits per heavy atom. The minimum absolute atomic E-state index is 0.153. The first kappa shape index (κ1) is 10.9. The van der Waals surface area contributed by atoms with Gasteiger partial charge in [0.15, 0.2) is 0 Å². The Morgan fingerprint density at radius 1 is 1.25 bits per heavy atom. The van der Waals surface area contributed by atoms with Gasteiger partial charge in [-0.15, -0.1) is 0 Å². The van der Waals surface area contributed by atoms with Crippen molar-refractivity contribution in [1.82, 2.24) is 0 Å². The molecule has 1 aliphatic rings. The summed E-state index contributed by atoms with van der Waals surface area (Å²) in [5.74, 6) is -1.19. The summed E-state index contributed by atoms with van der Waals surface area (Å²) < 4.78 is 0. The fraction of sp³-hybridized carbons (Fsp3) is 0.385. The molecule has 0 amide bonds. The Hall–Kier alpha value is -1.64. The highest BCUT2D eigenvalue weighted by atomic mass is 16.4. The predicted octanol–water partition coefficient (Wildman–Crippen LogP) is 2.22. The number of carbonyl (C=O) groups is 2. The quantitative estimate of drug-likeness (QED) is 0.828. The third-order valence-electron chi connectivity index (χ3n) is 3.21. The molecule has 0 heterocycles. The first-order valence-corrected chi connectivity index (χ1v) is 5.48. The van der Waals surface area contributed by atoms with Gasteiger partial charge >= 0.3 is 5.97 Å². The number of carboxylic acids is 1. The molecule has 1 fully saturated rings. The van der Waals surface area contributed by atoms with E-state index in [-0.39, 0.29) is 11.7 Å². The number of aliphatic carboxylic acids is 1. The topological polar surface area (TPSA) is 54.4 Å². The lowest BCUT2D eigenvalue weighted by Gasteiger charge is -2.27. The van der Waals surface area contributed by atoms with Crippen molar-refractivity contribution in [2.75, 3.05) is 0 Å². The molecule has 0 saturated heterocycles. The van der Waals surface area contributed by atoms with Gasteiger partial charge < -0.3 is 5.11 Å². The molecule has 0 aliphatic heterocycles. The average Bonchev–Trinajstić information content (AvgIpc) is 2.29. The molecule has 1 aromatic carbocycles. The van der Waals surface area contributed by atoms with Crippen LogP contribution in [0.4, 0.5) is 0 Å². The van der Waals surface area contributed by atoms with Gasteiger partial charge in [0.05, 0.1) is 5.92 Å². The maximum absolute atomic E-state index is 11.4. The lowest BCUT2D eigenvalue weighted by molar-refractivity contribution is -0.144. The van der Waals surface area contributed by atoms with Crippen LogP contribution in [0.1, 0.15) is 30.7 Å². The van der Waals surface area contributed by atoms with Crippen molar-refractivity contribution >= 4 is 11.8 Å². The summed E-state index contributed by atoms with van der Waals surface area (Å²) in [6, 6.07) is 9.46. The van der Waals surface area contributed by atoms with E-state index in [9.17, 15) is 9.59 Å². The van der Waals surface area contributed by atoms with Crippen LogP contribution in [0, 0.1) is 5.92 Å². The summed E-state index contributed by atoms with van der Waals surface area (Å²) in [6.45, 7) is 0. The van der Waals surface area contributed by atoms with E-state index >= 15 is 0 Å². The van der Waals surface area contributed by atoms with Crippen molar-refractivity contribution in [1.29, 1.82) is 0 Å². The Balaban J connectivity index is 2.27. The van der Waals surface area contributed by atoms with E-state index < -0.39 is 11.9 Å². The van der Waals surface area contributed by atoms with Crippen LogP contribution in [0.5, 0.6) is 0 Å². The van der Waals surface area contributed by atoms with Crippen LogP contribution < -0.4 is 0 Å². The average molecular weight is 218 g/mol. The third kappa shape index (κ3) is 2.13. The second kappa shape index (κ2) is 4.47. The van der Waals surface area contributed by atoms with Crippen molar-refractivity contribution in [2.24, 2.45) is 5.92 Å². The van der Waals surface area contributed by atoms with Gasteiger partial charge in [-0.3, -0.25) is 9.59 Å². The number of ketones is 1. The zero-order valence-electron chi connectivity index (χ0n) is 8.93. The number of hydrogen-bond acceptors (Lipinski definition) is 2. The van der Waals surface area contributed by atoms with E-state index in [1.165, 1.54) is 0 Å². The third-order valence-corrected chi connectivity index (χ3v) is 3.21. The van der Waals surface area contributed by atoms with Crippen LogP contribution in [-0.2, 0) is 9.59 Å². The number of carboxylic acid groups (broad SMARTS) is 1. The van der Waals surface area contributed by atoms with Crippen molar-refractivity contribution in [3.8, 4) is 0 Å². The summed E-state index contributed by atoms with van der Waals surface area (Å²) >= 11 is 0. The fourth-order valence-corrected chi connectivity index (χ4v) is 2.35. The van der Waals surface area contributed by atoms with Gasteiger partial charge in [0.2, 0.25) is 0 Å². The van der Waals surface area contributed by atoms with Crippen LogP contribution in [-0.4, -0.2) is 16.9 Å². The fourth-order valence-electron chi connectivity index (χ4n) is 2.35. The maximum Gasteiger partial charge on any atom is 0.307 e. The number of benzene rings is 1. The molecule has 0 unspecified atom stereocenters. The normalized spacial score (nSPS) is 25.4. The van der Waals surface area contributed by atoms with Crippen LogP contribution in [0.3, 0.4) is 0 Å². The molecular weight excluding hydrogens is 204 g/mol. The Bertz CT molecular complexity index is 397. The first-order valence-electron chi connectivity index (χ1n) is 5.48. The molecule has 1 aromatic rings. The standard InChI is InChI=1S/C13H14O3/c14-10-6-7-11(13(15)16)12(8-10)9-4-2-1-3-5-9/h1-5,11-12H,6-8H2,(H,15,16)/t11-,12+/m0/s1. The van der Waals surface area contributed by atoms with Crippen molar-refractivity contribution in [2.45, 2.75) is 25.2 Å². The number of Topliss-reactive ketones (excluding diaryl/α,β-unsaturated/α-hetero) is 1. The molecule has 0 bridgehead atoms. The van der Waals surface area contributed by atoms with Crippen LogP contribution in [0.25, 0.3) is 0 Å². The molecule has 0 spiro atoms. The monoisotopic (exact) mass is 218 g/mol. The van der Waals surface area contributed by atoms with Crippen molar-refractivity contribution in [3.05, 3.63) is 35.9 Å². The highest BCUT2D eigenvalue weighted by Crippen LogP contribution is 2.36. The smallest absolute Gasteiger partial charge is 0.307 e. The van der Waals surface area contributed by atoms with Gasteiger partial charge in [-0.25, -0.2) is 0 Å². The van der Waals surface area contributed by atoms with Gasteiger partial charge in [-0.2, -0.15) is 0 Å². The lowest BCUT2D eigenvalue weighted by atomic mass is 9.75. The molecule has 1 N–H and O–H groups in total. The van der Waals surface area contributed by atoms with Crippen LogP contribution in [0.15, 0.2) is 30.3 Å². The second-order valence-electron chi connectivity index (χ2n) is 4.24. The molecule has 2 atom stereocenters. The molecule has 84 valence electrons. The zero-order chi connectivity index (χ0) is 11.5. The first-order chi connectivity index (χ1) is 7.68. The molecule has 3 heteroatoms. The van der Waals surface area contributed by atoms with Crippen molar-refractivity contribution < 1.29 is 14.7 Å². The maximum atomic E-state index is 11.4. The van der Waals surface area contributed by atoms with Crippen LogP contribution >= 0.6 is 0 Å². The number of carbonyl (C=O) groups excluding carboxylic acids is 1. The molecule has 2 rings (SSSR count). The van der Waals surface area contributed by atoms with Gasteiger partial charge in [-0.1, -0.05) is 30.3 Å². The summed E-state index contributed by atoms with van der Waals surface area (Å²) in [5.41, 5.74) is 0.961. The Morgan fingerprint density at radius 2 is 1.94 bits per heavy atom. The van der Waals surface area contributed by atoms with E-state index in [2.05, 4.69) is 0 Å². The molecular formula is C13H14O3. The van der Waals surface area contributed by atoms with Crippen molar-refractivity contribution in [3.63, 3.8) is 0 Å². The Labute approximate surface area is 94.1 Å². The SMILES string of the molecule is O=C1CC[C@H](C(=O)O)[C@@H](c2ccccc2)C1. The van der Waals surface area contributed by atoms with E-state index in [0.29, 0.717) is 19.3 Å². The van der Waals surface area contributed by atoms with Gasteiger partial charge in [0, 0.05) is 18.8 Å². The molecule has 3 nitrogen and oxygen atoms in total. The minimum atomic E-state index is -0.790. The highest BCUT2D eigenvalue weighted by molar-refractivity contribution is 5.83. The van der Waals surface area contributed by atoms with E-state index in [4.69, 9.17) is 5.11 Å². The van der Waals surface area contributed by atoms with E-state index in [0.717, 1.165) is 5.56 Å². The van der Waals surface area contributed by atoms with Gasteiger partial charge in [0.1, 0.15) is 5.78 Å². The summed E-state index contributed by atoms with van der Waals surface area (Å²) in [4.78, 5) is 22.6. The molecule has 0 radical (unpaired) electrons. The number of rotatable bonds is 2. The number of hydrogen-bond donors (Lipinski definition) is 1. The van der Waals surface area contributed by atoms with Gasteiger partial charge in [-0.05, 0) is 12.0 Å². The van der Waals surface area contributed by atoms with E-state index in [1.54, 1.807) is 0 Å². The predicted molar refractivity (Wildman–Crippen MR) is 59.2 cm³/mol. The second-order valence-corrected chi connectivity index (χ2v) is 4.24. The molecule has 1 aliphatic carbocycles. The minimum Gasteiger partial charge on any atom is -0.481 e. The summed E-state index contributed by atoms with van der Waals surface area (Å²) in [7, 11) is 0. The largest absolute Gasteiger partial charge is 0.481 e. The highest BCUT2D eigenvalue weighted by Gasteiger charge is 2.34. The lowest BCUT2D eigenvalue weighted by Crippen LogP contribution is -2.29. The molecule has 0 aromatic heterocycles. The Kier molecular flexibility index (Phi) is 3.04. The molecule has 16 heavy (non-hydrogen) atoms. The molecule has 1 saturated carbocycles. The summed E-state index contributed by atoms with van der Waals surface area (Å²) in [6.07, 6.45) is 1.23. The zero-order valence-corrected chi connectivity index (χ0v) is 8.93. The van der Waals surface area contributed by atoms with Gasteiger partial charge in [0.25, 0.3) is 0 Å². The summed E-state index contributed by atoms with van der Waals surface area (Å²) in [5, 5.41) is 9.14.